The third kappa shape index (κ3) is 5.05. The molecule has 0 radical (unpaired) electrons. The van der Waals surface area contributed by atoms with Crippen molar-refractivity contribution in [1.29, 1.82) is 0 Å². The summed E-state index contributed by atoms with van der Waals surface area (Å²) in [6, 6.07) is 8.09. The van der Waals surface area contributed by atoms with Crippen LogP contribution in [0, 0.1) is 0 Å². The molecular weight excluding hydrogens is 433 g/mol. The average Bonchev–Trinajstić information content (AvgIpc) is 2.55. The Balaban J connectivity index is 2.55. The summed E-state index contributed by atoms with van der Waals surface area (Å²) in [4.78, 5) is -0.181. The van der Waals surface area contributed by atoms with Crippen LogP contribution in [0.25, 0.3) is 0 Å². The molecule has 2 rings (SSSR count). The van der Waals surface area contributed by atoms with Gasteiger partial charge in [-0.3, -0.25) is 4.72 Å². The Morgan fingerprint density at radius 1 is 0.889 bits per heavy atom. The van der Waals surface area contributed by atoms with E-state index in [1.807, 2.05) is 6.92 Å². The number of nitrogens with one attached hydrogen (secondary N) is 2. The maximum atomic E-state index is 12.7. The van der Waals surface area contributed by atoms with Crippen LogP contribution in [0.1, 0.15) is 6.92 Å². The van der Waals surface area contributed by atoms with Gasteiger partial charge < -0.3 is 5.32 Å². The van der Waals surface area contributed by atoms with Crippen LogP contribution < -0.4 is 10.0 Å². The lowest BCUT2D eigenvalue weighted by Gasteiger charge is -2.17. The number of hydrogen-bond acceptors (Lipinski definition) is 5. The van der Waals surface area contributed by atoms with Crippen molar-refractivity contribution < 1.29 is 16.8 Å². The summed E-state index contributed by atoms with van der Waals surface area (Å²) in [6.07, 6.45) is 0. The van der Waals surface area contributed by atoms with Gasteiger partial charge in [0.25, 0.3) is 10.0 Å². The first-order valence-electron chi connectivity index (χ1n) is 7.76. The Labute approximate surface area is 169 Å². The van der Waals surface area contributed by atoms with Gasteiger partial charge in [0.05, 0.1) is 21.2 Å². The average molecular weight is 452 g/mol. The molecule has 2 aromatic carbocycles. The number of anilines is 2. The number of halogens is 2. The Hall–Kier alpha value is -1.52. The zero-order chi connectivity index (χ0) is 20.4. The Morgan fingerprint density at radius 2 is 1.48 bits per heavy atom. The number of nitrogens with zero attached hydrogens (tertiary/aromatic N) is 1. The summed E-state index contributed by atoms with van der Waals surface area (Å²) in [5, 5.41) is 3.32. The predicted molar refractivity (Wildman–Crippen MR) is 109 cm³/mol. The summed E-state index contributed by atoms with van der Waals surface area (Å²) < 4.78 is 53.7. The van der Waals surface area contributed by atoms with E-state index in [0.29, 0.717) is 12.2 Å². The van der Waals surface area contributed by atoms with Gasteiger partial charge in [0.2, 0.25) is 10.0 Å². The number of benzene rings is 2. The highest BCUT2D eigenvalue weighted by Gasteiger charge is 2.22. The van der Waals surface area contributed by atoms with Crippen molar-refractivity contribution in [1.82, 2.24) is 4.31 Å². The van der Waals surface area contributed by atoms with Crippen LogP contribution in [0.2, 0.25) is 10.0 Å². The van der Waals surface area contributed by atoms with E-state index in [2.05, 4.69) is 10.0 Å². The van der Waals surface area contributed by atoms with E-state index >= 15 is 0 Å². The van der Waals surface area contributed by atoms with Gasteiger partial charge in [-0.05, 0) is 43.3 Å². The van der Waals surface area contributed by atoms with Crippen molar-refractivity contribution in [2.45, 2.75) is 16.7 Å². The molecule has 2 N–H and O–H groups in total. The zero-order valence-corrected chi connectivity index (χ0v) is 18.0. The third-order valence-corrected chi connectivity index (χ3v) is 7.12. The quantitative estimate of drug-likeness (QED) is 0.671. The van der Waals surface area contributed by atoms with Crippen molar-refractivity contribution in [3.63, 3.8) is 0 Å². The lowest BCUT2D eigenvalue weighted by Crippen LogP contribution is -2.22. The van der Waals surface area contributed by atoms with Crippen molar-refractivity contribution in [3.05, 3.63) is 46.4 Å². The molecule has 0 saturated heterocycles. The van der Waals surface area contributed by atoms with Crippen molar-refractivity contribution in [2.24, 2.45) is 0 Å². The van der Waals surface area contributed by atoms with Crippen LogP contribution >= 0.6 is 23.2 Å². The van der Waals surface area contributed by atoms with Gasteiger partial charge in [-0.25, -0.2) is 21.1 Å². The lowest BCUT2D eigenvalue weighted by atomic mass is 10.2. The van der Waals surface area contributed by atoms with Gasteiger partial charge >= 0.3 is 0 Å². The summed E-state index contributed by atoms with van der Waals surface area (Å²) >= 11 is 11.8. The number of rotatable bonds is 7. The van der Waals surface area contributed by atoms with Gasteiger partial charge in [-0.15, -0.1) is 0 Å². The normalized spacial score (nSPS) is 12.2. The third-order valence-electron chi connectivity index (χ3n) is 3.53. The maximum Gasteiger partial charge on any atom is 0.262 e. The van der Waals surface area contributed by atoms with Crippen LogP contribution in [0.5, 0.6) is 0 Å². The first-order chi connectivity index (χ1) is 12.5. The molecule has 11 heteroatoms. The summed E-state index contributed by atoms with van der Waals surface area (Å²) in [5.74, 6) is 0. The fourth-order valence-corrected chi connectivity index (χ4v) is 4.94. The van der Waals surface area contributed by atoms with E-state index in [1.165, 1.54) is 50.5 Å². The Morgan fingerprint density at radius 3 is 2.00 bits per heavy atom. The fraction of sp³-hybridized carbons (Fsp3) is 0.250. The second kappa shape index (κ2) is 8.24. The highest BCUT2D eigenvalue weighted by molar-refractivity contribution is 7.92. The molecule has 0 bridgehead atoms. The Bertz CT molecular complexity index is 1040. The minimum atomic E-state index is -4.05. The SMILES string of the molecule is CCNc1ccc(S(=O)(=O)N(C)C)cc1NS(=O)(=O)c1cc(Cl)cc(Cl)c1. The van der Waals surface area contributed by atoms with Gasteiger partial charge in [0.1, 0.15) is 0 Å². The van der Waals surface area contributed by atoms with E-state index in [-0.39, 0.29) is 25.5 Å². The highest BCUT2D eigenvalue weighted by Crippen LogP contribution is 2.30. The minimum Gasteiger partial charge on any atom is -0.384 e. The van der Waals surface area contributed by atoms with E-state index in [4.69, 9.17) is 23.2 Å². The maximum absolute atomic E-state index is 12.7. The molecule has 148 valence electrons. The van der Waals surface area contributed by atoms with Crippen LogP contribution in [-0.4, -0.2) is 41.8 Å². The van der Waals surface area contributed by atoms with E-state index in [0.717, 1.165) is 4.31 Å². The molecular formula is C16H19Cl2N3O4S2. The number of hydrogen-bond donors (Lipinski definition) is 2. The van der Waals surface area contributed by atoms with E-state index in [1.54, 1.807) is 0 Å². The summed E-state index contributed by atoms with van der Waals surface area (Å²) in [7, 11) is -5.00. The van der Waals surface area contributed by atoms with Crippen LogP contribution in [0.4, 0.5) is 11.4 Å². The molecule has 0 aliphatic heterocycles. The molecule has 0 spiro atoms. The first kappa shape index (κ1) is 21.8. The second-order valence-electron chi connectivity index (χ2n) is 5.74. The molecule has 0 aliphatic rings. The largest absolute Gasteiger partial charge is 0.384 e. The lowest BCUT2D eigenvalue weighted by molar-refractivity contribution is 0.521. The molecule has 2 aromatic rings. The van der Waals surface area contributed by atoms with Crippen molar-refractivity contribution in [2.75, 3.05) is 30.7 Å². The molecule has 0 aromatic heterocycles. The Kier molecular flexibility index (Phi) is 6.64. The van der Waals surface area contributed by atoms with E-state index < -0.39 is 20.0 Å². The van der Waals surface area contributed by atoms with Crippen LogP contribution in [-0.2, 0) is 20.0 Å². The molecule has 0 saturated carbocycles. The molecule has 0 amide bonds. The van der Waals surface area contributed by atoms with Gasteiger partial charge in [-0.2, -0.15) is 0 Å². The summed E-state index contributed by atoms with van der Waals surface area (Å²) in [5.41, 5.74) is 0.530. The number of sulfonamides is 2. The van der Waals surface area contributed by atoms with Crippen molar-refractivity contribution in [3.8, 4) is 0 Å². The van der Waals surface area contributed by atoms with Crippen LogP contribution in [0.3, 0.4) is 0 Å². The molecule has 0 heterocycles. The fourth-order valence-electron chi connectivity index (χ4n) is 2.21. The predicted octanol–water partition coefficient (Wildman–Crippen LogP) is 3.48. The molecule has 7 nitrogen and oxygen atoms in total. The zero-order valence-electron chi connectivity index (χ0n) is 14.8. The van der Waals surface area contributed by atoms with E-state index in [9.17, 15) is 16.8 Å². The molecule has 0 atom stereocenters. The second-order valence-corrected chi connectivity index (χ2v) is 10.4. The van der Waals surface area contributed by atoms with Gasteiger partial charge in [0, 0.05) is 30.7 Å². The topological polar surface area (TPSA) is 95.6 Å². The smallest absolute Gasteiger partial charge is 0.262 e. The van der Waals surface area contributed by atoms with Crippen LogP contribution in [0.15, 0.2) is 46.2 Å². The molecule has 0 unspecified atom stereocenters. The standard InChI is InChI=1S/C16H19Cl2N3O4S2/c1-4-19-15-6-5-13(27(24,25)21(2)3)10-16(15)20-26(22,23)14-8-11(17)7-12(18)9-14/h5-10,19-20H,4H2,1-3H3. The first-order valence-corrected chi connectivity index (χ1v) is 11.4. The minimum absolute atomic E-state index is 0.0454. The molecule has 27 heavy (non-hydrogen) atoms. The van der Waals surface area contributed by atoms with Gasteiger partial charge in [0.15, 0.2) is 0 Å². The molecule has 0 aliphatic carbocycles. The molecule has 0 fully saturated rings. The summed E-state index contributed by atoms with van der Waals surface area (Å²) in [6.45, 7) is 2.34. The van der Waals surface area contributed by atoms with Crippen molar-refractivity contribution >= 4 is 54.6 Å². The monoisotopic (exact) mass is 451 g/mol. The highest BCUT2D eigenvalue weighted by atomic mass is 35.5. The van der Waals surface area contributed by atoms with Gasteiger partial charge in [-0.1, -0.05) is 23.2 Å².